The molecule has 1 amide bonds. The highest BCUT2D eigenvalue weighted by Gasteiger charge is 2.75. The summed E-state index contributed by atoms with van der Waals surface area (Å²) in [6.45, 7) is 1.40. The van der Waals surface area contributed by atoms with Gasteiger partial charge in [0.15, 0.2) is 9.84 Å². The number of allylic oxidation sites excluding steroid dienone is 4. The van der Waals surface area contributed by atoms with Crippen LogP contribution in [0.15, 0.2) is 52.5 Å². The molecule has 2 aliphatic heterocycles. The molecule has 1 aromatic carbocycles. The molecule has 4 aliphatic rings. The normalized spacial score (nSPS) is 28.7. The highest BCUT2D eigenvalue weighted by molar-refractivity contribution is 7.93. The van der Waals surface area contributed by atoms with Crippen LogP contribution in [-0.2, 0) is 24.7 Å². The van der Waals surface area contributed by atoms with Crippen molar-refractivity contribution in [3.05, 3.63) is 53.4 Å². The maximum absolute atomic E-state index is 15.1. The number of piperidine rings is 1. The first kappa shape index (κ1) is 34.8. The number of rotatable bonds is 5. The van der Waals surface area contributed by atoms with Gasteiger partial charge in [-0.25, -0.2) is 29.9 Å². The molecule has 0 radical (unpaired) electrons. The van der Waals surface area contributed by atoms with Gasteiger partial charge in [-0.2, -0.15) is 26.3 Å². The van der Waals surface area contributed by atoms with Crippen LogP contribution in [0, 0.1) is 17.2 Å². The van der Waals surface area contributed by atoms with Gasteiger partial charge >= 0.3 is 18.0 Å². The van der Waals surface area contributed by atoms with Crippen LogP contribution < -0.4 is 0 Å². The Morgan fingerprint density at radius 1 is 0.891 bits per heavy atom. The first-order valence-corrected chi connectivity index (χ1v) is 17.9. The van der Waals surface area contributed by atoms with E-state index in [2.05, 4.69) is 0 Å². The average molecular weight is 705 g/mol. The maximum atomic E-state index is 15.1. The summed E-state index contributed by atoms with van der Waals surface area (Å²) in [6, 6.07) is 2.73. The van der Waals surface area contributed by atoms with E-state index in [1.54, 1.807) is 0 Å². The Bertz CT molecular complexity index is 1670. The number of alkyl halides is 7. The number of fused-ring (bicyclic) bond motifs is 3. The molecule has 2 aliphatic carbocycles. The fourth-order valence-corrected chi connectivity index (χ4v) is 11.5. The Kier molecular flexibility index (Phi) is 8.32. The molecule has 1 saturated carbocycles. The monoisotopic (exact) mass is 704 g/mol. The summed E-state index contributed by atoms with van der Waals surface area (Å²) in [6.07, 6.45) is -11.8. The topological polar surface area (TPSA) is 91.8 Å². The number of hydrogen-bond acceptors (Lipinski definition) is 5. The highest BCUT2D eigenvalue weighted by Crippen LogP contribution is 2.64. The fraction of sp³-hybridized carbons (Fsp3) is 0.621. The second kappa shape index (κ2) is 11.0. The lowest BCUT2D eigenvalue weighted by Gasteiger charge is -2.56. The molecule has 3 atom stereocenters. The summed E-state index contributed by atoms with van der Waals surface area (Å²) < 4.78 is 163. The minimum absolute atomic E-state index is 0.0638. The molecule has 7 nitrogen and oxygen atoms in total. The summed E-state index contributed by atoms with van der Waals surface area (Å²) in [5, 5.41) is 0. The van der Waals surface area contributed by atoms with Crippen molar-refractivity contribution in [1.29, 1.82) is 0 Å². The third-order valence-electron chi connectivity index (χ3n) is 10.4. The van der Waals surface area contributed by atoms with Crippen molar-refractivity contribution in [2.24, 2.45) is 11.3 Å². The quantitative estimate of drug-likeness (QED) is 0.299. The Morgan fingerprint density at radius 2 is 1.46 bits per heavy atom. The van der Waals surface area contributed by atoms with E-state index in [1.165, 1.54) is 16.1 Å². The molecule has 5 rings (SSSR count). The van der Waals surface area contributed by atoms with Crippen molar-refractivity contribution >= 4 is 25.8 Å². The zero-order valence-corrected chi connectivity index (χ0v) is 26.4. The van der Waals surface area contributed by atoms with Crippen molar-refractivity contribution in [1.82, 2.24) is 9.21 Å². The van der Waals surface area contributed by atoms with Crippen LogP contribution >= 0.6 is 0 Å². The van der Waals surface area contributed by atoms with Crippen LogP contribution in [-0.4, -0.2) is 86.6 Å². The number of sulfone groups is 1. The standard InChI is InChI=1S/C29H32F8N2O5S2/c1-25-12-9-20(27(31,28(32,33)34)29(35,36)37)17-19(25)3-8-23-26(25,46(43,44)22-6-4-21(30)5-7-22)13-16-39(23)24(40)18-10-14-38(15-11-18)45(2,41)42/h4-7,9,17-18,23H,3,8,10-16H2,1-2H3/t23-,25?,26+/m0/s1. The third-order valence-corrected chi connectivity index (χ3v) is 14.4. The minimum atomic E-state index is -6.36. The number of amides is 1. The second-order valence-electron chi connectivity index (χ2n) is 12.6. The molecule has 3 fully saturated rings. The number of carbonyl (C=O) groups is 1. The van der Waals surface area contributed by atoms with Crippen molar-refractivity contribution in [2.75, 3.05) is 25.9 Å². The summed E-state index contributed by atoms with van der Waals surface area (Å²) in [4.78, 5) is 15.0. The van der Waals surface area contributed by atoms with Gasteiger partial charge in [0.1, 0.15) is 10.6 Å². The second-order valence-corrected chi connectivity index (χ2v) is 16.8. The predicted molar refractivity (Wildman–Crippen MR) is 150 cm³/mol. The zero-order valence-electron chi connectivity index (χ0n) is 24.8. The zero-order chi connectivity index (χ0) is 34.3. The van der Waals surface area contributed by atoms with Crippen LogP contribution in [0.1, 0.15) is 45.4 Å². The fourth-order valence-electron chi connectivity index (χ4n) is 7.92. The van der Waals surface area contributed by atoms with Gasteiger partial charge in [0.2, 0.25) is 15.9 Å². The molecule has 0 N–H and O–H groups in total. The molecule has 0 bridgehead atoms. The van der Waals surface area contributed by atoms with Gasteiger partial charge in [-0.15, -0.1) is 0 Å². The Labute approximate surface area is 261 Å². The lowest BCUT2D eigenvalue weighted by Crippen LogP contribution is -2.64. The van der Waals surface area contributed by atoms with E-state index in [1.807, 2.05) is 0 Å². The Morgan fingerprint density at radius 3 is 1.98 bits per heavy atom. The molecule has 1 aromatic rings. The van der Waals surface area contributed by atoms with Crippen molar-refractivity contribution < 1.29 is 56.8 Å². The minimum Gasteiger partial charge on any atom is -0.338 e. The van der Waals surface area contributed by atoms with Gasteiger partial charge in [-0.3, -0.25) is 4.79 Å². The summed E-state index contributed by atoms with van der Waals surface area (Å²) in [5.41, 5.74) is -9.19. The predicted octanol–water partition coefficient (Wildman–Crippen LogP) is 5.50. The molecular weight excluding hydrogens is 672 g/mol. The van der Waals surface area contributed by atoms with E-state index in [4.69, 9.17) is 0 Å². The van der Waals surface area contributed by atoms with Crippen molar-refractivity contribution in [2.45, 2.75) is 79.2 Å². The van der Waals surface area contributed by atoms with E-state index in [0.29, 0.717) is 12.2 Å². The number of likely N-dealkylation sites (tertiary alicyclic amines) is 1. The molecule has 0 aromatic heterocycles. The maximum Gasteiger partial charge on any atom is 0.435 e. The Balaban J connectivity index is 1.60. The molecule has 17 heteroatoms. The third kappa shape index (κ3) is 5.01. The molecular formula is C29H32F8N2O5S2. The average Bonchev–Trinajstić information content (AvgIpc) is 3.37. The lowest BCUT2D eigenvalue weighted by atomic mass is 9.57. The van der Waals surface area contributed by atoms with Gasteiger partial charge in [0.05, 0.1) is 17.2 Å². The van der Waals surface area contributed by atoms with Crippen LogP contribution in [0.3, 0.4) is 0 Å². The molecule has 46 heavy (non-hydrogen) atoms. The summed E-state index contributed by atoms with van der Waals surface area (Å²) in [5.74, 6) is -1.85. The van der Waals surface area contributed by atoms with E-state index in [9.17, 15) is 52.4 Å². The van der Waals surface area contributed by atoms with Gasteiger partial charge in [0.25, 0.3) is 0 Å². The number of hydrogen-bond donors (Lipinski definition) is 0. The number of benzene rings is 1. The van der Waals surface area contributed by atoms with Gasteiger partial charge in [0, 0.05) is 36.5 Å². The van der Waals surface area contributed by atoms with E-state index in [-0.39, 0.29) is 62.2 Å². The molecule has 2 saturated heterocycles. The first-order chi connectivity index (χ1) is 21.0. The number of halogens is 8. The number of carbonyl (C=O) groups excluding carboxylic acids is 1. The van der Waals surface area contributed by atoms with Crippen LogP contribution in [0.5, 0.6) is 0 Å². The number of sulfonamides is 1. The molecule has 2 heterocycles. The first-order valence-electron chi connectivity index (χ1n) is 14.5. The lowest BCUT2D eigenvalue weighted by molar-refractivity contribution is -0.325. The smallest absolute Gasteiger partial charge is 0.338 e. The summed E-state index contributed by atoms with van der Waals surface area (Å²) >= 11 is 0. The van der Waals surface area contributed by atoms with E-state index >= 15 is 4.39 Å². The molecule has 256 valence electrons. The van der Waals surface area contributed by atoms with Crippen LogP contribution in [0.2, 0.25) is 0 Å². The van der Waals surface area contributed by atoms with Gasteiger partial charge in [-0.1, -0.05) is 24.6 Å². The summed E-state index contributed by atoms with van der Waals surface area (Å²) in [7, 11) is -8.11. The largest absolute Gasteiger partial charge is 0.435 e. The molecule has 0 spiro atoms. The molecule has 1 unspecified atom stereocenters. The van der Waals surface area contributed by atoms with Crippen LogP contribution in [0.4, 0.5) is 35.1 Å². The van der Waals surface area contributed by atoms with Crippen molar-refractivity contribution in [3.63, 3.8) is 0 Å². The SMILES string of the molecule is CC12CC=C(C(F)(C(F)(F)F)C(F)(F)F)C=C1CC[C@@H]1N(C(=O)C3CCN(S(C)(=O)=O)CC3)CC[C@@]12S(=O)(=O)c1ccc(F)cc1. The van der Waals surface area contributed by atoms with E-state index in [0.717, 1.165) is 30.5 Å². The Hall–Kier alpha value is -2.53. The number of nitrogens with zero attached hydrogens (tertiary/aromatic N) is 2. The van der Waals surface area contributed by atoms with Crippen molar-refractivity contribution in [3.8, 4) is 0 Å². The van der Waals surface area contributed by atoms with Gasteiger partial charge < -0.3 is 4.90 Å². The van der Waals surface area contributed by atoms with Gasteiger partial charge in [-0.05, 0) is 62.8 Å². The van der Waals surface area contributed by atoms with E-state index < -0.39 is 83.7 Å². The van der Waals surface area contributed by atoms with Crippen LogP contribution in [0.25, 0.3) is 0 Å². The highest BCUT2D eigenvalue weighted by atomic mass is 32.2.